The van der Waals surface area contributed by atoms with Gasteiger partial charge < -0.3 is 24.6 Å². The van der Waals surface area contributed by atoms with Crippen LogP contribution in [0.1, 0.15) is 59.4 Å². The van der Waals surface area contributed by atoms with Gasteiger partial charge in [-0.25, -0.2) is 9.59 Å². The number of aliphatic hydroxyl groups is 1. The summed E-state index contributed by atoms with van der Waals surface area (Å²) in [6, 6.07) is 7.55. The molecule has 1 saturated carbocycles. The van der Waals surface area contributed by atoms with Gasteiger partial charge in [0.15, 0.2) is 0 Å². The molecule has 2 unspecified atom stereocenters. The van der Waals surface area contributed by atoms with Gasteiger partial charge in [-0.2, -0.15) is 5.48 Å². The number of rotatable bonds is 13. The molecule has 0 saturated heterocycles. The topological polar surface area (TPSA) is 115 Å². The lowest BCUT2D eigenvalue weighted by molar-refractivity contribution is -0.138. The maximum absolute atomic E-state index is 12.2. The largest absolute Gasteiger partial charge is 0.466 e. The highest BCUT2D eigenvalue weighted by Crippen LogP contribution is 2.45. The van der Waals surface area contributed by atoms with Gasteiger partial charge in [0.25, 0.3) is 0 Å². The molecule has 0 radical (unpaired) electrons. The highest BCUT2D eigenvalue weighted by atomic mass is 16.8. The van der Waals surface area contributed by atoms with Crippen LogP contribution in [0, 0.1) is 10.8 Å². The third-order valence-corrected chi connectivity index (χ3v) is 6.41. The number of aliphatic hydroxyl groups excluding tert-OH is 1. The fraction of sp³-hybridized carbons (Fsp3) is 0.630. The van der Waals surface area contributed by atoms with Gasteiger partial charge in [-0.1, -0.05) is 53.3 Å². The second-order valence-corrected chi connectivity index (χ2v) is 11.2. The lowest BCUT2D eigenvalue weighted by atomic mass is 9.62. The van der Waals surface area contributed by atoms with E-state index in [0.29, 0.717) is 12.3 Å². The molecule has 0 aliphatic heterocycles. The van der Waals surface area contributed by atoms with Gasteiger partial charge in [-0.15, -0.1) is 0 Å². The van der Waals surface area contributed by atoms with Gasteiger partial charge in [0.05, 0.1) is 6.61 Å². The van der Waals surface area contributed by atoms with Gasteiger partial charge in [0.1, 0.15) is 19.0 Å². The van der Waals surface area contributed by atoms with E-state index in [-0.39, 0.29) is 48.9 Å². The Kier molecular flexibility index (Phi) is 10.8. The minimum atomic E-state index is -0.552. The third-order valence-electron chi connectivity index (χ3n) is 6.41. The van der Waals surface area contributed by atoms with Crippen LogP contribution in [0.3, 0.4) is 0 Å². The standard InChI is InChI=1S/C27H42N2O7/c1-7-23(31)33-12-13-34-24(32)29-21-14-25(2,3)16-27(6,15-21)17-28-36-19-35-22-10-8-20(9-11-22)26(4,5)18-30/h7-11,21,28,30H,1,12-19H2,2-6H3,(H,29,32). The summed E-state index contributed by atoms with van der Waals surface area (Å²) in [6.07, 6.45) is 3.09. The molecule has 1 aromatic carbocycles. The lowest BCUT2D eigenvalue weighted by Gasteiger charge is -2.46. The number of hydrogen-bond acceptors (Lipinski definition) is 8. The van der Waals surface area contributed by atoms with Crippen molar-refractivity contribution in [2.45, 2.75) is 65.3 Å². The normalized spacial score (nSPS) is 21.3. The summed E-state index contributed by atoms with van der Waals surface area (Å²) >= 11 is 0. The second kappa shape index (κ2) is 13.1. The molecule has 2 atom stereocenters. The number of carbonyl (C=O) groups excluding carboxylic acids is 2. The lowest BCUT2D eigenvalue weighted by Crippen LogP contribution is -2.50. The quantitative estimate of drug-likeness (QED) is 0.121. The molecular weight excluding hydrogens is 464 g/mol. The molecule has 0 heterocycles. The molecule has 9 heteroatoms. The summed E-state index contributed by atoms with van der Waals surface area (Å²) < 4.78 is 15.6. The van der Waals surface area contributed by atoms with E-state index in [1.54, 1.807) is 0 Å². The van der Waals surface area contributed by atoms with Crippen molar-refractivity contribution >= 4 is 12.1 Å². The number of ether oxygens (including phenoxy) is 3. The molecule has 3 N–H and O–H groups in total. The van der Waals surface area contributed by atoms with E-state index in [9.17, 15) is 14.7 Å². The average molecular weight is 507 g/mol. The first-order chi connectivity index (χ1) is 16.9. The molecule has 1 aromatic rings. The molecule has 36 heavy (non-hydrogen) atoms. The minimum Gasteiger partial charge on any atom is -0.466 e. The first kappa shape index (κ1) is 29.6. The van der Waals surface area contributed by atoms with Gasteiger partial charge in [0, 0.05) is 24.1 Å². The van der Waals surface area contributed by atoms with E-state index >= 15 is 0 Å². The monoisotopic (exact) mass is 506 g/mol. The molecule has 0 bridgehead atoms. The van der Waals surface area contributed by atoms with Crippen molar-refractivity contribution < 1.29 is 33.7 Å². The summed E-state index contributed by atoms with van der Waals surface area (Å²) in [5.74, 6) is 0.130. The zero-order valence-corrected chi connectivity index (χ0v) is 22.2. The van der Waals surface area contributed by atoms with Crippen LogP contribution in [0.4, 0.5) is 4.79 Å². The molecule has 2 rings (SSSR count). The van der Waals surface area contributed by atoms with Crippen molar-refractivity contribution in [2.24, 2.45) is 10.8 Å². The van der Waals surface area contributed by atoms with Crippen LogP contribution in [0.2, 0.25) is 0 Å². The first-order valence-corrected chi connectivity index (χ1v) is 12.3. The van der Waals surface area contributed by atoms with Crippen molar-refractivity contribution in [3.8, 4) is 5.75 Å². The van der Waals surface area contributed by atoms with Crippen molar-refractivity contribution in [2.75, 3.05) is 33.2 Å². The number of hydrogen-bond donors (Lipinski definition) is 3. The van der Waals surface area contributed by atoms with E-state index in [1.165, 1.54) is 0 Å². The summed E-state index contributed by atoms with van der Waals surface area (Å²) in [6.45, 7) is 14.5. The number of benzene rings is 1. The van der Waals surface area contributed by atoms with Crippen molar-refractivity contribution in [3.05, 3.63) is 42.5 Å². The van der Waals surface area contributed by atoms with Crippen LogP contribution in [0.15, 0.2) is 36.9 Å². The summed E-state index contributed by atoms with van der Waals surface area (Å²) in [4.78, 5) is 28.8. The molecule has 1 amide bonds. The predicted molar refractivity (Wildman–Crippen MR) is 136 cm³/mol. The van der Waals surface area contributed by atoms with Gasteiger partial charge >= 0.3 is 12.1 Å². The zero-order valence-electron chi connectivity index (χ0n) is 22.2. The van der Waals surface area contributed by atoms with E-state index < -0.39 is 12.1 Å². The van der Waals surface area contributed by atoms with E-state index in [4.69, 9.17) is 19.0 Å². The van der Waals surface area contributed by atoms with Crippen molar-refractivity contribution in [1.82, 2.24) is 10.8 Å². The summed E-state index contributed by atoms with van der Waals surface area (Å²) in [5.41, 5.74) is 3.66. The fourth-order valence-electron chi connectivity index (χ4n) is 4.87. The van der Waals surface area contributed by atoms with Crippen LogP contribution in [-0.2, 0) is 24.5 Å². The smallest absolute Gasteiger partial charge is 0.407 e. The number of nitrogens with one attached hydrogen (secondary N) is 2. The molecule has 1 aliphatic rings. The molecule has 1 fully saturated rings. The van der Waals surface area contributed by atoms with Crippen molar-refractivity contribution in [3.63, 3.8) is 0 Å². The Bertz CT molecular complexity index is 869. The van der Waals surface area contributed by atoms with Gasteiger partial charge in [-0.3, -0.25) is 4.84 Å². The molecule has 9 nitrogen and oxygen atoms in total. The molecule has 1 aliphatic carbocycles. The van der Waals surface area contributed by atoms with Crippen LogP contribution < -0.4 is 15.5 Å². The number of carbonyl (C=O) groups is 2. The van der Waals surface area contributed by atoms with E-state index in [0.717, 1.165) is 30.9 Å². The summed E-state index contributed by atoms with van der Waals surface area (Å²) in [7, 11) is 0. The highest BCUT2D eigenvalue weighted by Gasteiger charge is 2.41. The number of amides is 1. The Morgan fingerprint density at radius 2 is 1.81 bits per heavy atom. The van der Waals surface area contributed by atoms with Crippen LogP contribution in [0.5, 0.6) is 5.75 Å². The maximum Gasteiger partial charge on any atom is 0.407 e. The Morgan fingerprint density at radius 1 is 1.14 bits per heavy atom. The molecule has 202 valence electrons. The van der Waals surface area contributed by atoms with Crippen LogP contribution in [0.25, 0.3) is 0 Å². The van der Waals surface area contributed by atoms with Gasteiger partial charge in [-0.05, 0) is 47.8 Å². The Labute approximate surface area is 214 Å². The Balaban J connectivity index is 1.75. The van der Waals surface area contributed by atoms with Crippen LogP contribution in [-0.4, -0.2) is 56.4 Å². The first-order valence-electron chi connectivity index (χ1n) is 12.3. The molecular formula is C27H42N2O7. The van der Waals surface area contributed by atoms with Crippen molar-refractivity contribution in [1.29, 1.82) is 0 Å². The van der Waals surface area contributed by atoms with E-state index in [1.807, 2.05) is 38.1 Å². The second-order valence-electron chi connectivity index (χ2n) is 11.2. The fourth-order valence-corrected chi connectivity index (χ4v) is 4.87. The maximum atomic E-state index is 12.2. The molecule has 0 spiro atoms. The number of esters is 1. The predicted octanol–water partition coefficient (Wildman–Crippen LogP) is 3.85. The van der Waals surface area contributed by atoms with E-state index in [2.05, 4.69) is 38.1 Å². The highest BCUT2D eigenvalue weighted by molar-refractivity contribution is 5.81. The third kappa shape index (κ3) is 9.79. The zero-order chi connectivity index (χ0) is 26.8. The van der Waals surface area contributed by atoms with Crippen LogP contribution >= 0.6 is 0 Å². The number of alkyl carbamates (subject to hydrolysis) is 1. The summed E-state index contributed by atoms with van der Waals surface area (Å²) in [5, 5.41) is 12.4. The van der Waals surface area contributed by atoms with Gasteiger partial charge in [0.2, 0.25) is 6.79 Å². The SMILES string of the molecule is C=CC(=O)OCCOC(=O)NC1CC(C)(C)CC(C)(CNOCOc2ccc(C(C)(C)CO)cc2)C1. The number of hydroxylamine groups is 1. The average Bonchev–Trinajstić information content (AvgIpc) is 2.80. The molecule has 0 aromatic heterocycles. The Hall–Kier alpha value is -2.62. The minimum absolute atomic E-state index is 0.0136. The Morgan fingerprint density at radius 3 is 2.44 bits per heavy atom.